The molecule has 0 unspecified atom stereocenters. The van der Waals surface area contributed by atoms with Crippen LogP contribution in [0.15, 0.2) is 16.7 Å². The van der Waals surface area contributed by atoms with Gasteiger partial charge in [0.2, 0.25) is 0 Å². The molecule has 0 aliphatic rings. The fourth-order valence-electron chi connectivity index (χ4n) is 0.970. The summed E-state index contributed by atoms with van der Waals surface area (Å²) in [5.41, 5.74) is 0.326. The van der Waals surface area contributed by atoms with Crippen molar-refractivity contribution in [1.29, 1.82) is 0 Å². The van der Waals surface area contributed by atoms with E-state index in [2.05, 4.69) is 45.6 Å². The molecule has 0 N–H and O–H groups in total. The molecule has 7 heteroatoms. The predicted molar refractivity (Wildman–Crippen MR) is 61.8 cm³/mol. The van der Waals surface area contributed by atoms with E-state index in [0.717, 1.165) is 6.07 Å². The van der Waals surface area contributed by atoms with E-state index in [-0.39, 0.29) is 5.15 Å². The molecule has 2 aromatic heterocycles. The average Bonchev–Trinajstić information content (AvgIpc) is 2.51. The summed E-state index contributed by atoms with van der Waals surface area (Å²) in [6.07, 6.45) is 1.50. The Hall–Kier alpha value is 0.756. The molecule has 77 valence electrons. The first kappa shape index (κ1) is 12.8. The summed E-state index contributed by atoms with van der Waals surface area (Å²) in [4.78, 5) is 7.70. The third-order valence-electron chi connectivity index (χ3n) is 1.46. The van der Waals surface area contributed by atoms with E-state index >= 15 is 0 Å². The van der Waals surface area contributed by atoms with Gasteiger partial charge in [0.1, 0.15) is 5.82 Å². The van der Waals surface area contributed by atoms with Crippen molar-refractivity contribution in [2.45, 2.75) is 0 Å². The van der Waals surface area contributed by atoms with E-state index < -0.39 is 5.82 Å². The van der Waals surface area contributed by atoms with Crippen LogP contribution in [0.4, 0.5) is 4.39 Å². The van der Waals surface area contributed by atoms with Crippen LogP contribution in [0.5, 0.6) is 0 Å². The van der Waals surface area contributed by atoms with Gasteiger partial charge in [-0.2, -0.15) is 0 Å². The quantitative estimate of drug-likeness (QED) is 0.361. The van der Waals surface area contributed by atoms with Crippen molar-refractivity contribution >= 4 is 58.2 Å². The molecule has 0 aliphatic heterocycles. The molecular formula is C7H2BrClFIN2Os-. The van der Waals surface area contributed by atoms with Gasteiger partial charge in [-0.25, -0.2) is 4.39 Å². The second-order valence-corrected chi connectivity index (χ2v) is 3.47. The normalized spacial score (nSPS) is 9.79. The standard InChI is InChI=1S/C7H2BrClFN2.HI.Os/c8-3-2-11-7-6(3)4(10)1-5(9)12-7;;/h1-2H;1H;/q-1;;+1/p-1. The van der Waals surface area contributed by atoms with E-state index in [1.807, 2.05) is 15.1 Å². The van der Waals surface area contributed by atoms with Gasteiger partial charge in [0.15, 0.2) is 0 Å². The summed E-state index contributed by atoms with van der Waals surface area (Å²) in [7, 11) is 0. The Bertz CT molecular complexity index is 450. The van der Waals surface area contributed by atoms with E-state index in [9.17, 15) is 4.39 Å². The molecule has 0 aliphatic carbocycles. The van der Waals surface area contributed by atoms with Crippen molar-refractivity contribution in [3.63, 3.8) is 0 Å². The van der Waals surface area contributed by atoms with Crippen LogP contribution in [0, 0.1) is 5.82 Å². The minimum atomic E-state index is -0.408. The van der Waals surface area contributed by atoms with Crippen molar-refractivity contribution in [3.05, 3.63) is 27.7 Å². The van der Waals surface area contributed by atoms with Crippen molar-refractivity contribution in [3.8, 4) is 0 Å². The number of pyridine rings is 1. The van der Waals surface area contributed by atoms with Crippen molar-refractivity contribution in [2.24, 2.45) is 0 Å². The first-order chi connectivity index (χ1) is 6.68. The van der Waals surface area contributed by atoms with Crippen molar-refractivity contribution in [1.82, 2.24) is 9.97 Å². The summed E-state index contributed by atoms with van der Waals surface area (Å²) in [5, 5.41) is 0.491. The molecular weight excluding hydrogens is 564 g/mol. The summed E-state index contributed by atoms with van der Waals surface area (Å²) in [6.45, 7) is 0. The number of hydrogen-bond acceptors (Lipinski definition) is 1. The zero-order valence-corrected chi connectivity index (χ0v) is 13.5. The van der Waals surface area contributed by atoms with Crippen LogP contribution in [-0.2, 0) is 15.1 Å². The number of hydrogen-bond donors (Lipinski definition) is 0. The third kappa shape index (κ3) is 2.66. The van der Waals surface area contributed by atoms with Crippen LogP contribution >= 0.6 is 47.2 Å². The Labute approximate surface area is 114 Å². The topological polar surface area (TPSA) is 27.0 Å². The number of fused-ring (bicyclic) bond motifs is 1. The van der Waals surface area contributed by atoms with Gasteiger partial charge in [0, 0.05) is 15.0 Å². The molecule has 2 heterocycles. The zero-order valence-electron chi connectivity index (χ0n) is 6.41. The summed E-state index contributed by atoms with van der Waals surface area (Å²) in [5.74, 6) is -0.408. The van der Waals surface area contributed by atoms with Gasteiger partial charge in [-0.15, -0.1) is 0 Å². The van der Waals surface area contributed by atoms with Gasteiger partial charge in [0.25, 0.3) is 0 Å². The molecule has 0 bridgehead atoms. The van der Waals surface area contributed by atoms with Crippen LogP contribution in [0.1, 0.15) is 0 Å². The Morgan fingerprint density at radius 3 is 2.86 bits per heavy atom. The van der Waals surface area contributed by atoms with Crippen LogP contribution in [0.25, 0.3) is 11.0 Å². The van der Waals surface area contributed by atoms with Gasteiger partial charge in [0.05, 0.1) is 0 Å². The Balaban J connectivity index is 0.000000461. The maximum atomic E-state index is 13.1. The average molecular weight is 566 g/mol. The van der Waals surface area contributed by atoms with Crippen LogP contribution < -0.4 is 4.98 Å². The fraction of sp³-hybridized carbons (Fsp3) is 0. The van der Waals surface area contributed by atoms with Gasteiger partial charge < -0.3 is 9.97 Å². The van der Waals surface area contributed by atoms with Gasteiger partial charge >= 0.3 is 34.7 Å². The summed E-state index contributed by atoms with van der Waals surface area (Å²) < 4.78 is 13.7. The Morgan fingerprint density at radius 2 is 2.21 bits per heavy atom. The molecule has 14 heavy (non-hydrogen) atoms. The fourth-order valence-corrected chi connectivity index (χ4v) is 1.61. The molecule has 0 atom stereocenters. The monoisotopic (exact) mass is 566 g/mol. The molecule has 0 fully saturated rings. The zero-order chi connectivity index (χ0) is 10.7. The third-order valence-corrected chi connectivity index (χ3v) is 2.25. The molecule has 2 rings (SSSR count). The molecule has 2 aromatic rings. The Kier molecular flexibility index (Phi) is 5.25. The van der Waals surface area contributed by atoms with Gasteiger partial charge in [-0.1, -0.05) is 33.7 Å². The van der Waals surface area contributed by atoms with Crippen LogP contribution in [0.2, 0.25) is 5.15 Å². The van der Waals surface area contributed by atoms with E-state index in [0.29, 0.717) is 15.5 Å². The number of nitrogens with zero attached hydrogens (tertiary/aromatic N) is 2. The second kappa shape index (κ2) is 5.74. The minimum absolute atomic E-state index is 0.116. The predicted octanol–water partition coefficient (Wildman–Crippen LogP) is 3.63. The first-order valence-corrected chi connectivity index (χ1v) is 11.6. The molecule has 0 saturated heterocycles. The van der Waals surface area contributed by atoms with E-state index in [4.69, 9.17) is 11.6 Å². The maximum absolute atomic E-state index is 13.1. The number of halogens is 4. The number of aromatic nitrogens is 2. The molecule has 0 spiro atoms. The van der Waals surface area contributed by atoms with E-state index in [1.165, 1.54) is 6.20 Å². The van der Waals surface area contributed by atoms with E-state index in [1.54, 1.807) is 0 Å². The van der Waals surface area contributed by atoms with Gasteiger partial charge in [-0.05, 0) is 11.7 Å². The first-order valence-electron chi connectivity index (χ1n) is 3.25. The molecule has 0 amide bonds. The van der Waals surface area contributed by atoms with Crippen molar-refractivity contribution < 1.29 is 19.4 Å². The molecule has 0 radical (unpaired) electrons. The van der Waals surface area contributed by atoms with Crippen LogP contribution in [0.3, 0.4) is 0 Å². The molecule has 2 nitrogen and oxygen atoms in total. The Morgan fingerprint density at radius 1 is 1.57 bits per heavy atom. The summed E-state index contributed by atoms with van der Waals surface area (Å²) in [6, 6.07) is 1.16. The summed E-state index contributed by atoms with van der Waals surface area (Å²) >= 11 is 12.7. The SMILES string of the molecule is Fc1cc(Cl)nc2[n-]cc(Br)c12.[I][Os]. The number of rotatable bonds is 0. The van der Waals surface area contributed by atoms with Crippen molar-refractivity contribution in [2.75, 3.05) is 0 Å². The molecule has 0 aromatic carbocycles. The molecule has 0 saturated carbocycles. The van der Waals surface area contributed by atoms with Crippen LogP contribution in [-0.4, -0.2) is 4.98 Å². The van der Waals surface area contributed by atoms with Gasteiger partial charge in [-0.3, -0.25) is 0 Å². The second-order valence-electron chi connectivity index (χ2n) is 2.23.